The molecule has 0 saturated heterocycles. The van der Waals surface area contributed by atoms with E-state index in [0.29, 0.717) is 0 Å². The summed E-state index contributed by atoms with van der Waals surface area (Å²) in [4.78, 5) is 0. The van der Waals surface area contributed by atoms with Crippen LogP contribution >= 0.6 is 24.8 Å². The van der Waals surface area contributed by atoms with Crippen LogP contribution in [0.1, 0.15) is 88.3 Å². The maximum atomic E-state index is 3.67. The van der Waals surface area contributed by atoms with Gasteiger partial charge in [-0.1, -0.05) is 86.1 Å². The fraction of sp³-hybridized carbons (Fsp3) is 0.310. The molecule has 45 heavy (non-hydrogen) atoms. The molecule has 2 aliphatic rings. The van der Waals surface area contributed by atoms with E-state index in [2.05, 4.69) is 133 Å². The van der Waals surface area contributed by atoms with Gasteiger partial charge in [-0.3, -0.25) is 6.08 Å². The summed E-state index contributed by atoms with van der Waals surface area (Å²) in [7, 11) is 0. The van der Waals surface area contributed by atoms with E-state index >= 15 is 0 Å². The molecule has 0 unspecified atom stereocenters. The van der Waals surface area contributed by atoms with Gasteiger partial charge in [0.15, 0.2) is 0 Å². The molecule has 0 aliphatic heterocycles. The van der Waals surface area contributed by atoms with Crippen molar-refractivity contribution >= 4 is 29.0 Å². The van der Waals surface area contributed by atoms with Crippen molar-refractivity contribution in [3.63, 3.8) is 0 Å². The average Bonchev–Trinajstić information content (AvgIpc) is 3.60. The van der Waals surface area contributed by atoms with E-state index in [1.807, 2.05) is 48.5 Å². The van der Waals surface area contributed by atoms with Gasteiger partial charge in [-0.2, -0.15) is 102 Å². The predicted octanol–water partition coefficient (Wildman–Crippen LogP) is 11.7. The molecule has 4 aromatic rings. The molecule has 0 atom stereocenters. The number of fused-ring (bicyclic) bond motifs is 3. The molecule has 3 heteroatoms. The van der Waals surface area contributed by atoms with Crippen LogP contribution in [0.5, 0.6) is 0 Å². The van der Waals surface area contributed by atoms with Crippen molar-refractivity contribution in [1.82, 2.24) is 0 Å². The van der Waals surface area contributed by atoms with Crippen LogP contribution in [-0.4, -0.2) is 4.21 Å². The van der Waals surface area contributed by atoms with Gasteiger partial charge in [0, 0.05) is 0 Å². The van der Waals surface area contributed by atoms with E-state index in [0.717, 1.165) is 12.8 Å². The molecule has 0 N–H and O–H groups in total. The Morgan fingerprint density at radius 2 is 1.18 bits per heavy atom. The van der Waals surface area contributed by atoms with E-state index < -0.39 is 0 Å². The third-order valence-electron chi connectivity index (χ3n) is 7.10. The second kappa shape index (κ2) is 20.7. The first kappa shape index (κ1) is 42.7. The summed E-state index contributed by atoms with van der Waals surface area (Å²) in [5, 5.41) is 0. The molecular formula is C42H50Cl2Zr-4. The summed E-state index contributed by atoms with van der Waals surface area (Å²) < 4.78 is 3.34. The molecule has 0 aromatic heterocycles. The van der Waals surface area contributed by atoms with Crippen LogP contribution in [0.3, 0.4) is 0 Å². The first-order valence-electron chi connectivity index (χ1n) is 15.0. The van der Waals surface area contributed by atoms with Crippen LogP contribution in [0.4, 0.5) is 0 Å². The molecule has 0 heterocycles. The molecular weight excluding hydrogens is 667 g/mol. The molecule has 6 rings (SSSR count). The summed E-state index contributed by atoms with van der Waals surface area (Å²) in [6.07, 6.45) is 9.36. The monoisotopic (exact) mass is 714 g/mol. The Hall–Kier alpha value is -2.31. The number of hydrogen-bond acceptors (Lipinski definition) is 0. The van der Waals surface area contributed by atoms with Crippen molar-refractivity contribution in [1.29, 1.82) is 0 Å². The fourth-order valence-electron chi connectivity index (χ4n) is 4.48. The van der Waals surface area contributed by atoms with Gasteiger partial charge in [-0.25, -0.2) is 11.6 Å². The molecule has 240 valence electrons. The van der Waals surface area contributed by atoms with Gasteiger partial charge in [0.2, 0.25) is 0 Å². The number of hydrogen-bond donors (Lipinski definition) is 0. The minimum atomic E-state index is 0. The van der Waals surface area contributed by atoms with Gasteiger partial charge in [0.05, 0.1) is 0 Å². The van der Waals surface area contributed by atoms with Crippen LogP contribution in [0.2, 0.25) is 0 Å². The van der Waals surface area contributed by atoms with E-state index in [9.17, 15) is 0 Å². The summed E-state index contributed by atoms with van der Waals surface area (Å²) in [5.41, 5.74) is 12.6. The van der Waals surface area contributed by atoms with Crippen molar-refractivity contribution in [2.45, 2.75) is 86.0 Å². The second-order valence-corrected chi connectivity index (χ2v) is 12.9. The van der Waals surface area contributed by atoms with Crippen molar-refractivity contribution in [2.75, 3.05) is 0 Å². The van der Waals surface area contributed by atoms with Crippen LogP contribution in [-0.2, 0) is 41.5 Å². The summed E-state index contributed by atoms with van der Waals surface area (Å²) in [6, 6.07) is 36.8. The van der Waals surface area contributed by atoms with Crippen LogP contribution < -0.4 is 0 Å². The van der Waals surface area contributed by atoms with E-state index in [4.69, 9.17) is 0 Å². The third kappa shape index (κ3) is 14.8. The maximum absolute atomic E-state index is 3.67. The van der Waals surface area contributed by atoms with Crippen LogP contribution in [0, 0.1) is 38.1 Å². The first-order chi connectivity index (χ1) is 20.3. The molecule has 0 spiro atoms. The molecule has 2 aliphatic carbocycles. The zero-order chi connectivity index (χ0) is 32.0. The SMILES string of the molecule is CC(C)(C)c1[c-]c2c(cc1)-c1ccc(C(C)(C)C)cc1C2.CC1=[C-]CC=C1.Cc1cc[c-]cc1.Cc1cc[c-]cc1.Cl.Cl.[CH2]=[Zr]. The van der Waals surface area contributed by atoms with Crippen LogP contribution in [0.15, 0.2) is 96.6 Å². The summed E-state index contributed by atoms with van der Waals surface area (Å²) in [5.74, 6) is 0. The zero-order valence-corrected chi connectivity index (χ0v) is 32.7. The normalized spacial score (nSPS) is 11.8. The summed E-state index contributed by atoms with van der Waals surface area (Å²) in [6.45, 7) is 19.8. The van der Waals surface area contributed by atoms with Gasteiger partial charge in [-0.15, -0.1) is 42.4 Å². The Morgan fingerprint density at radius 1 is 0.667 bits per heavy atom. The van der Waals surface area contributed by atoms with E-state index in [1.165, 1.54) is 74.3 Å². The Balaban J connectivity index is 0.000000662. The van der Waals surface area contributed by atoms with Gasteiger partial charge in [0.25, 0.3) is 0 Å². The zero-order valence-electron chi connectivity index (χ0n) is 28.6. The Kier molecular flexibility index (Phi) is 19.7. The molecule has 0 bridgehead atoms. The first-order valence-corrected chi connectivity index (χ1v) is 16.7. The third-order valence-corrected chi connectivity index (χ3v) is 7.10. The minimum absolute atomic E-state index is 0. The van der Waals surface area contributed by atoms with E-state index in [-0.39, 0.29) is 35.6 Å². The van der Waals surface area contributed by atoms with Gasteiger partial charge >= 0.3 is 28.4 Å². The van der Waals surface area contributed by atoms with Crippen LogP contribution in [0.25, 0.3) is 11.1 Å². The van der Waals surface area contributed by atoms with Crippen molar-refractivity contribution in [3.05, 3.63) is 154 Å². The van der Waals surface area contributed by atoms with E-state index in [1.54, 1.807) is 0 Å². The topological polar surface area (TPSA) is 0 Å². The fourth-order valence-corrected chi connectivity index (χ4v) is 4.48. The number of benzene rings is 4. The number of rotatable bonds is 0. The molecule has 0 nitrogen and oxygen atoms in total. The predicted molar refractivity (Wildman–Crippen MR) is 199 cm³/mol. The van der Waals surface area contributed by atoms with Gasteiger partial charge < -0.3 is 0 Å². The molecule has 0 fully saturated rings. The second-order valence-electron chi connectivity index (χ2n) is 12.9. The average molecular weight is 717 g/mol. The Bertz CT molecular complexity index is 1370. The summed E-state index contributed by atoms with van der Waals surface area (Å²) >= 11 is 1.30. The molecule has 0 amide bonds. The Morgan fingerprint density at radius 3 is 1.53 bits per heavy atom. The van der Waals surface area contributed by atoms with Gasteiger partial charge in [0.1, 0.15) is 0 Å². The quantitative estimate of drug-likeness (QED) is 0.140. The standard InChI is InChI=1S/C21H25.2C7H7.C6H7.CH2.2ClH.Zr/c1-20(2,3)16-7-9-18-14(12-16)11-15-13-17(21(4,5)6)8-10-19(15)18;2*1-7-5-3-2-4-6-7;1-6-4-2-3-5-6;;;;/h7-10,12H,11H2,1-6H3;2*3-6H,1H3;2,4H,3H2,1H3;1H2;2*1H;/q4*-1;;;;. The molecule has 0 radical (unpaired) electrons. The van der Waals surface area contributed by atoms with Crippen molar-refractivity contribution < 1.29 is 24.2 Å². The number of halogens is 2. The van der Waals surface area contributed by atoms with Gasteiger partial charge in [-0.05, 0) is 28.4 Å². The number of aryl methyl sites for hydroxylation is 2. The molecule has 0 saturated carbocycles. The molecule has 4 aromatic carbocycles. The Labute approximate surface area is 302 Å². The number of allylic oxidation sites excluding steroid dienone is 4. The van der Waals surface area contributed by atoms with Crippen molar-refractivity contribution in [2.24, 2.45) is 0 Å². The van der Waals surface area contributed by atoms with Crippen molar-refractivity contribution in [3.8, 4) is 11.1 Å².